The lowest BCUT2D eigenvalue weighted by atomic mass is 9.81. The second-order valence-electron chi connectivity index (χ2n) is 15.5. The van der Waals surface area contributed by atoms with Crippen LogP contribution in [0.4, 0.5) is 10.5 Å². The van der Waals surface area contributed by atoms with E-state index in [-0.39, 0.29) is 83.9 Å². The summed E-state index contributed by atoms with van der Waals surface area (Å²) in [6.07, 6.45) is 9.63. The molecule has 4 fully saturated rings. The van der Waals surface area contributed by atoms with Crippen LogP contribution in [0.25, 0.3) is 0 Å². The van der Waals surface area contributed by atoms with E-state index in [9.17, 15) is 24.0 Å². The van der Waals surface area contributed by atoms with Crippen LogP contribution in [0, 0.1) is 17.2 Å². The molecule has 3 saturated heterocycles. The largest absolute Gasteiger partial charge is 0.338 e. The number of imide groups is 2. The Labute approximate surface area is 337 Å². The van der Waals surface area contributed by atoms with E-state index in [1.165, 1.54) is 10.5 Å². The van der Waals surface area contributed by atoms with Crippen molar-refractivity contribution < 1.29 is 24.0 Å². The molecule has 1 saturated carbocycles. The van der Waals surface area contributed by atoms with Crippen molar-refractivity contribution >= 4 is 71.3 Å². The van der Waals surface area contributed by atoms with Crippen molar-refractivity contribution in [3.8, 4) is 6.07 Å². The molecule has 4 aliphatic rings. The summed E-state index contributed by atoms with van der Waals surface area (Å²) in [4.78, 5) is 79.1. The molecule has 2 aromatic heterocycles. The number of halogens is 2. The van der Waals surface area contributed by atoms with Gasteiger partial charge in [0.05, 0.1) is 35.1 Å². The van der Waals surface area contributed by atoms with Gasteiger partial charge in [0.1, 0.15) is 11.6 Å². The number of piperazine rings is 1. The van der Waals surface area contributed by atoms with Gasteiger partial charge >= 0.3 is 6.03 Å². The summed E-state index contributed by atoms with van der Waals surface area (Å²) in [5.41, 5.74) is 0.275. The van der Waals surface area contributed by atoms with Crippen LogP contribution >= 0.6 is 36.0 Å². The van der Waals surface area contributed by atoms with Crippen LogP contribution in [-0.2, 0) is 19.2 Å². The number of urea groups is 1. The monoisotopic (exact) mass is 813 g/mol. The van der Waals surface area contributed by atoms with Crippen LogP contribution in [0.15, 0.2) is 35.5 Å². The highest BCUT2D eigenvalue weighted by atomic mass is 35.5. The molecule has 296 valence electrons. The summed E-state index contributed by atoms with van der Waals surface area (Å²) in [5, 5.41) is 14.6. The average Bonchev–Trinajstić information content (AvgIpc) is 3.29. The molecule has 14 nitrogen and oxygen atoms in total. The molecule has 0 aromatic carbocycles. The maximum absolute atomic E-state index is 13.6. The Morgan fingerprint density at radius 1 is 1.05 bits per heavy atom. The van der Waals surface area contributed by atoms with E-state index in [0.717, 1.165) is 70.1 Å². The highest BCUT2D eigenvalue weighted by Crippen LogP contribution is 2.41. The number of rotatable bonds is 11. The van der Waals surface area contributed by atoms with Gasteiger partial charge in [0.2, 0.25) is 17.7 Å². The minimum atomic E-state index is -0.968. The fourth-order valence-electron chi connectivity index (χ4n) is 8.41. The fraction of sp³-hybridized carbons (Fsp3) is 0.579. The molecule has 17 heteroatoms. The number of carbonyl (C=O) groups excluding carboxylic acids is 5. The second kappa shape index (κ2) is 18.0. The Morgan fingerprint density at radius 2 is 1.76 bits per heavy atom. The molecule has 2 aromatic rings. The maximum Gasteiger partial charge on any atom is 0.338 e. The minimum absolute atomic E-state index is 0. The first kappa shape index (κ1) is 42.3. The summed E-state index contributed by atoms with van der Waals surface area (Å²) in [5.74, 6) is -0.888. The quantitative estimate of drug-likeness (QED) is 0.170. The number of hydrogen-bond donors (Lipinski definition) is 2. The van der Waals surface area contributed by atoms with Crippen molar-refractivity contribution in [1.82, 2.24) is 34.3 Å². The van der Waals surface area contributed by atoms with Gasteiger partial charge in [-0.1, -0.05) is 11.6 Å². The van der Waals surface area contributed by atoms with Gasteiger partial charge in [-0.05, 0) is 103 Å². The lowest BCUT2D eigenvalue weighted by Gasteiger charge is -2.44. The van der Waals surface area contributed by atoms with Crippen molar-refractivity contribution in [1.29, 1.82) is 5.26 Å². The third-order valence-corrected chi connectivity index (χ3v) is 12.5. The molecule has 0 radical (unpaired) electrons. The van der Waals surface area contributed by atoms with Crippen molar-refractivity contribution in [2.75, 3.05) is 31.5 Å². The molecule has 3 atom stereocenters. The number of nitrogens with zero attached hydrogens (tertiary/aromatic N) is 7. The topological polar surface area (TPSA) is 172 Å². The van der Waals surface area contributed by atoms with Gasteiger partial charge in [-0.2, -0.15) is 9.57 Å². The second-order valence-corrected chi connectivity index (χ2v) is 16.9. The fourth-order valence-corrected chi connectivity index (χ4v) is 9.64. The van der Waals surface area contributed by atoms with Gasteiger partial charge in [-0.15, -0.1) is 12.4 Å². The molecule has 2 N–H and O–H groups in total. The van der Waals surface area contributed by atoms with Crippen molar-refractivity contribution in [3.63, 3.8) is 0 Å². The zero-order valence-electron chi connectivity index (χ0n) is 31.6. The van der Waals surface area contributed by atoms with Crippen molar-refractivity contribution in [3.05, 3.63) is 47.0 Å². The molecule has 3 aliphatic heterocycles. The molecular formula is C38H49Cl2N9O5S. The molecule has 5 heterocycles. The van der Waals surface area contributed by atoms with E-state index < -0.39 is 11.5 Å². The SMILES string of the molecule is C[C@@H]1CN(CCCC2CCC(N3C(=O)N(Sc4cnc(C#N)c(Cl)c4)C(=O)C3(C)C)CC2)C[C@H](C)N1CC(=O)Nc1ccc(C2CCC(=O)NC2=O)nc1.Cl. The standard InChI is InChI=1S/C38H48ClN9O5S.ClH/c1-23-20-45(21-24(2)46(23)22-34(50)43-26-9-13-31(41-18-26)29-12-14-33(49)44-35(29)51)15-5-6-25-7-10-27(11-8-25)47-37(53)48(36(52)38(47,3)4)54-28-16-30(39)32(17-40)42-19-28;/h9,13,16,18-19,23-25,27,29H,5-8,10-12,14-15,20-22H2,1-4H3,(H,43,50)(H,44,49,51);1H/t23-,24+,25?,27?,29?;. The summed E-state index contributed by atoms with van der Waals surface area (Å²) in [6, 6.07) is 7.02. The number of nitriles is 1. The Bertz CT molecular complexity index is 1810. The van der Waals surface area contributed by atoms with Crippen LogP contribution < -0.4 is 10.6 Å². The number of pyridine rings is 2. The molecular weight excluding hydrogens is 765 g/mol. The van der Waals surface area contributed by atoms with E-state index in [2.05, 4.69) is 44.2 Å². The number of hydrogen-bond acceptors (Lipinski definition) is 11. The van der Waals surface area contributed by atoms with Crippen molar-refractivity contribution in [2.24, 2.45) is 5.92 Å². The average molecular weight is 815 g/mol. The molecule has 6 rings (SSSR count). The summed E-state index contributed by atoms with van der Waals surface area (Å²) in [6.45, 7) is 11.0. The first-order valence-corrected chi connectivity index (χ1v) is 19.9. The van der Waals surface area contributed by atoms with Crippen molar-refractivity contribution in [2.45, 2.75) is 114 Å². The van der Waals surface area contributed by atoms with Crippen LogP contribution in [0.3, 0.4) is 0 Å². The number of aromatic nitrogens is 2. The van der Waals surface area contributed by atoms with Gasteiger partial charge in [-0.25, -0.2) is 9.78 Å². The smallest absolute Gasteiger partial charge is 0.324 e. The van der Waals surface area contributed by atoms with E-state index in [1.54, 1.807) is 43.1 Å². The number of piperidine rings is 1. The zero-order chi connectivity index (χ0) is 38.7. The molecule has 0 bridgehead atoms. The van der Waals surface area contributed by atoms with E-state index >= 15 is 0 Å². The van der Waals surface area contributed by atoms with Crippen LogP contribution in [0.1, 0.15) is 96.4 Å². The predicted molar refractivity (Wildman–Crippen MR) is 210 cm³/mol. The summed E-state index contributed by atoms with van der Waals surface area (Å²) in [7, 11) is 0. The normalized spacial score (nSPS) is 26.0. The number of amides is 6. The first-order chi connectivity index (χ1) is 25.7. The van der Waals surface area contributed by atoms with Gasteiger partial charge in [0.25, 0.3) is 5.91 Å². The Kier molecular flexibility index (Phi) is 13.8. The number of anilines is 1. The van der Waals surface area contributed by atoms with Crippen LogP contribution in [0.5, 0.6) is 0 Å². The minimum Gasteiger partial charge on any atom is -0.324 e. The van der Waals surface area contributed by atoms with Gasteiger partial charge in [0.15, 0.2) is 5.69 Å². The molecule has 55 heavy (non-hydrogen) atoms. The lowest BCUT2D eigenvalue weighted by Crippen LogP contribution is -2.58. The third-order valence-electron chi connectivity index (χ3n) is 11.2. The van der Waals surface area contributed by atoms with Gasteiger partial charge in [-0.3, -0.25) is 34.4 Å². The lowest BCUT2D eigenvalue weighted by molar-refractivity contribution is -0.134. The molecule has 6 amide bonds. The third kappa shape index (κ3) is 9.60. The Balaban J connectivity index is 0.00000580. The summed E-state index contributed by atoms with van der Waals surface area (Å²) < 4.78 is 1.20. The molecule has 0 spiro atoms. The molecule has 1 aliphatic carbocycles. The number of nitrogens with one attached hydrogen (secondary N) is 2. The van der Waals surface area contributed by atoms with Gasteiger partial charge < -0.3 is 15.1 Å². The Morgan fingerprint density at radius 3 is 2.38 bits per heavy atom. The van der Waals surface area contributed by atoms with E-state index in [4.69, 9.17) is 16.9 Å². The first-order valence-electron chi connectivity index (χ1n) is 18.7. The van der Waals surface area contributed by atoms with Crippen LogP contribution in [-0.4, -0.2) is 108 Å². The van der Waals surface area contributed by atoms with Gasteiger partial charge in [0, 0.05) is 60.7 Å². The maximum atomic E-state index is 13.6. The zero-order valence-corrected chi connectivity index (χ0v) is 34.0. The predicted octanol–water partition coefficient (Wildman–Crippen LogP) is 5.37. The summed E-state index contributed by atoms with van der Waals surface area (Å²) >= 11 is 7.13. The molecule has 1 unspecified atom stereocenters. The van der Waals surface area contributed by atoms with Crippen LogP contribution in [0.2, 0.25) is 5.02 Å². The highest BCUT2D eigenvalue weighted by Gasteiger charge is 2.54. The highest BCUT2D eigenvalue weighted by molar-refractivity contribution is 7.98. The van der Waals surface area contributed by atoms with E-state index in [1.807, 2.05) is 6.07 Å². The van der Waals surface area contributed by atoms with E-state index in [0.29, 0.717) is 28.6 Å². The Hall–Kier alpha value is -3.81. The number of carbonyl (C=O) groups is 5.